The number of amides is 1. The first kappa shape index (κ1) is 8.54. The molecule has 0 saturated carbocycles. The van der Waals surface area contributed by atoms with Crippen LogP contribution in [0, 0.1) is 11.8 Å². The molecule has 1 saturated heterocycles. The van der Waals surface area contributed by atoms with Crippen LogP contribution in [0.2, 0.25) is 0 Å². The molecule has 0 N–H and O–H groups in total. The lowest BCUT2D eigenvalue weighted by atomic mass is 9.92. The fraction of sp³-hybridized carbons (Fsp3) is 0.545. The van der Waals surface area contributed by atoms with Gasteiger partial charge in [0.2, 0.25) is 5.91 Å². The molecule has 1 amide bonds. The van der Waals surface area contributed by atoms with Crippen LogP contribution in [-0.4, -0.2) is 23.4 Å². The van der Waals surface area contributed by atoms with Crippen molar-refractivity contribution in [2.24, 2.45) is 11.8 Å². The molecule has 13 heavy (non-hydrogen) atoms. The van der Waals surface area contributed by atoms with E-state index in [9.17, 15) is 4.79 Å². The van der Waals surface area contributed by atoms with E-state index in [1.165, 1.54) is 0 Å². The average molecular weight is 177 g/mol. The van der Waals surface area contributed by atoms with Gasteiger partial charge in [-0.25, -0.2) is 0 Å². The highest BCUT2D eigenvalue weighted by Crippen LogP contribution is 2.30. The van der Waals surface area contributed by atoms with Crippen LogP contribution in [0.25, 0.3) is 0 Å². The van der Waals surface area contributed by atoms with E-state index >= 15 is 0 Å². The van der Waals surface area contributed by atoms with E-state index < -0.39 is 0 Å². The van der Waals surface area contributed by atoms with Crippen LogP contribution in [0.3, 0.4) is 0 Å². The van der Waals surface area contributed by atoms with Gasteiger partial charge in [-0.3, -0.25) is 4.79 Å². The SMILES string of the molecule is CC(C)N1CC2C=CC=CC2C1=O. The molecule has 1 aliphatic carbocycles. The van der Waals surface area contributed by atoms with E-state index in [4.69, 9.17) is 0 Å². The second kappa shape index (κ2) is 3.02. The normalized spacial score (nSPS) is 31.6. The summed E-state index contributed by atoms with van der Waals surface area (Å²) in [5.74, 6) is 0.827. The number of likely N-dealkylation sites (tertiary alicyclic amines) is 1. The van der Waals surface area contributed by atoms with Crippen LogP contribution < -0.4 is 0 Å². The van der Waals surface area contributed by atoms with Gasteiger partial charge in [-0.2, -0.15) is 0 Å². The molecule has 0 bridgehead atoms. The summed E-state index contributed by atoms with van der Waals surface area (Å²) >= 11 is 0. The fourth-order valence-corrected chi connectivity index (χ4v) is 2.07. The van der Waals surface area contributed by atoms with Crippen LogP contribution in [-0.2, 0) is 4.79 Å². The maximum absolute atomic E-state index is 11.8. The Morgan fingerprint density at radius 3 is 2.69 bits per heavy atom. The van der Waals surface area contributed by atoms with Gasteiger partial charge in [0, 0.05) is 18.5 Å². The minimum atomic E-state index is 0.118. The zero-order valence-electron chi connectivity index (χ0n) is 8.10. The molecule has 2 nitrogen and oxygen atoms in total. The summed E-state index contributed by atoms with van der Waals surface area (Å²) in [7, 11) is 0. The van der Waals surface area contributed by atoms with Crippen molar-refractivity contribution < 1.29 is 4.79 Å². The Kier molecular flexibility index (Phi) is 1.98. The number of carbonyl (C=O) groups excluding carboxylic acids is 1. The topological polar surface area (TPSA) is 20.3 Å². The van der Waals surface area contributed by atoms with Crippen molar-refractivity contribution in [2.45, 2.75) is 19.9 Å². The molecule has 0 aromatic rings. The Morgan fingerprint density at radius 2 is 2.08 bits per heavy atom. The fourth-order valence-electron chi connectivity index (χ4n) is 2.07. The number of hydrogen-bond donors (Lipinski definition) is 0. The maximum atomic E-state index is 11.8. The van der Waals surface area contributed by atoms with Crippen LogP contribution in [0.5, 0.6) is 0 Å². The first-order valence-electron chi connectivity index (χ1n) is 4.85. The summed E-state index contributed by atoms with van der Waals surface area (Å²) in [5, 5.41) is 0. The number of fused-ring (bicyclic) bond motifs is 1. The standard InChI is InChI=1S/C11H15NO/c1-8(2)12-7-9-5-3-4-6-10(9)11(12)13/h3-6,8-10H,7H2,1-2H3. The number of allylic oxidation sites excluding steroid dienone is 2. The highest BCUT2D eigenvalue weighted by Gasteiger charge is 2.38. The molecule has 2 aliphatic rings. The van der Waals surface area contributed by atoms with Gasteiger partial charge >= 0.3 is 0 Å². The van der Waals surface area contributed by atoms with Gasteiger partial charge in [0.25, 0.3) is 0 Å². The van der Waals surface area contributed by atoms with Gasteiger partial charge in [-0.1, -0.05) is 24.3 Å². The van der Waals surface area contributed by atoms with Gasteiger partial charge in [0.1, 0.15) is 0 Å². The number of carbonyl (C=O) groups is 1. The van der Waals surface area contributed by atoms with E-state index in [2.05, 4.69) is 19.9 Å². The first-order valence-corrected chi connectivity index (χ1v) is 4.85. The minimum Gasteiger partial charge on any atom is -0.339 e. The predicted molar refractivity (Wildman–Crippen MR) is 52.1 cm³/mol. The summed E-state index contributed by atoms with van der Waals surface area (Å²) in [5.41, 5.74) is 0. The Labute approximate surface area is 78.9 Å². The third kappa shape index (κ3) is 1.30. The lowest BCUT2D eigenvalue weighted by Crippen LogP contribution is -2.33. The molecule has 0 aromatic carbocycles. The molecule has 2 unspecified atom stereocenters. The number of nitrogens with zero attached hydrogens (tertiary/aromatic N) is 1. The highest BCUT2D eigenvalue weighted by molar-refractivity contribution is 5.84. The summed E-state index contributed by atoms with van der Waals surface area (Å²) in [4.78, 5) is 13.8. The lowest BCUT2D eigenvalue weighted by molar-refractivity contribution is -0.131. The quantitative estimate of drug-likeness (QED) is 0.595. The second-order valence-electron chi connectivity index (χ2n) is 4.04. The van der Waals surface area contributed by atoms with Crippen LogP contribution in [0.15, 0.2) is 24.3 Å². The van der Waals surface area contributed by atoms with Crippen molar-refractivity contribution in [3.63, 3.8) is 0 Å². The molecule has 2 heteroatoms. The van der Waals surface area contributed by atoms with Crippen LogP contribution in [0.1, 0.15) is 13.8 Å². The summed E-state index contributed by atoms with van der Waals surface area (Å²) in [6.07, 6.45) is 8.18. The van der Waals surface area contributed by atoms with Crippen LogP contribution >= 0.6 is 0 Å². The molecule has 1 aliphatic heterocycles. The predicted octanol–water partition coefficient (Wildman–Crippen LogP) is 1.60. The van der Waals surface area contributed by atoms with E-state index in [0.29, 0.717) is 17.9 Å². The van der Waals surface area contributed by atoms with Gasteiger partial charge in [-0.05, 0) is 13.8 Å². The van der Waals surface area contributed by atoms with E-state index in [1.807, 2.05) is 23.1 Å². The molecule has 1 fully saturated rings. The zero-order chi connectivity index (χ0) is 9.42. The monoisotopic (exact) mass is 177 g/mol. The Hall–Kier alpha value is -1.05. The molecule has 70 valence electrons. The molecule has 2 rings (SSSR count). The Morgan fingerprint density at radius 1 is 1.38 bits per heavy atom. The molecular weight excluding hydrogens is 162 g/mol. The maximum Gasteiger partial charge on any atom is 0.230 e. The minimum absolute atomic E-state index is 0.118. The summed E-state index contributed by atoms with van der Waals surface area (Å²) < 4.78 is 0. The molecule has 0 aromatic heterocycles. The third-order valence-corrected chi connectivity index (χ3v) is 2.85. The van der Waals surface area contributed by atoms with Gasteiger partial charge in [0.05, 0.1) is 5.92 Å². The van der Waals surface area contributed by atoms with Crippen LogP contribution in [0.4, 0.5) is 0 Å². The van der Waals surface area contributed by atoms with Gasteiger partial charge in [0.15, 0.2) is 0 Å². The van der Waals surface area contributed by atoms with Gasteiger partial charge in [-0.15, -0.1) is 0 Å². The van der Waals surface area contributed by atoms with Crippen molar-refractivity contribution in [2.75, 3.05) is 6.54 Å². The third-order valence-electron chi connectivity index (χ3n) is 2.85. The Bertz CT molecular complexity index is 278. The molecule has 0 radical (unpaired) electrons. The van der Waals surface area contributed by atoms with Crippen molar-refractivity contribution in [3.05, 3.63) is 24.3 Å². The average Bonchev–Trinajstić information content (AvgIpc) is 2.45. The van der Waals surface area contributed by atoms with E-state index in [1.54, 1.807) is 0 Å². The molecular formula is C11H15NO. The largest absolute Gasteiger partial charge is 0.339 e. The molecule has 0 spiro atoms. The second-order valence-corrected chi connectivity index (χ2v) is 4.04. The smallest absolute Gasteiger partial charge is 0.230 e. The van der Waals surface area contributed by atoms with Crippen molar-refractivity contribution >= 4 is 5.91 Å². The highest BCUT2D eigenvalue weighted by atomic mass is 16.2. The number of hydrogen-bond acceptors (Lipinski definition) is 1. The molecule has 2 atom stereocenters. The van der Waals surface area contributed by atoms with Crippen molar-refractivity contribution in [1.29, 1.82) is 0 Å². The first-order chi connectivity index (χ1) is 6.20. The number of rotatable bonds is 1. The summed E-state index contributed by atoms with van der Waals surface area (Å²) in [6.45, 7) is 5.04. The lowest BCUT2D eigenvalue weighted by Gasteiger charge is -2.20. The Balaban J connectivity index is 2.20. The molecule has 1 heterocycles. The van der Waals surface area contributed by atoms with Crippen molar-refractivity contribution in [1.82, 2.24) is 4.90 Å². The van der Waals surface area contributed by atoms with Crippen molar-refractivity contribution in [3.8, 4) is 0 Å². The van der Waals surface area contributed by atoms with E-state index in [0.717, 1.165) is 6.54 Å². The zero-order valence-corrected chi connectivity index (χ0v) is 8.10. The van der Waals surface area contributed by atoms with Gasteiger partial charge < -0.3 is 4.90 Å². The van der Waals surface area contributed by atoms with E-state index in [-0.39, 0.29) is 5.92 Å². The summed E-state index contributed by atoms with van der Waals surface area (Å²) in [6, 6.07) is 0.333.